The molecule has 1 aromatic heterocycles. The van der Waals surface area contributed by atoms with Crippen LogP contribution in [-0.4, -0.2) is 43.9 Å². The van der Waals surface area contributed by atoms with Gasteiger partial charge in [0.25, 0.3) is 5.56 Å². The normalized spacial score (nSPS) is 20.2. The van der Waals surface area contributed by atoms with Crippen LogP contribution in [0.5, 0.6) is 11.5 Å². The molecule has 9 heteroatoms. The summed E-state index contributed by atoms with van der Waals surface area (Å²) in [6, 6.07) is 5.92. The van der Waals surface area contributed by atoms with Crippen LogP contribution in [0, 0.1) is 11.6 Å². The number of aromatic amines is 1. The monoisotopic (exact) mass is 447 g/mol. The second-order valence-electron chi connectivity index (χ2n) is 7.85. The predicted molar refractivity (Wildman–Crippen MR) is 116 cm³/mol. The lowest BCUT2D eigenvalue weighted by Crippen LogP contribution is -2.59. The predicted octanol–water partition coefficient (Wildman–Crippen LogP) is 3.69. The Morgan fingerprint density at radius 1 is 1.29 bits per heavy atom. The van der Waals surface area contributed by atoms with Crippen molar-refractivity contribution in [2.24, 2.45) is 0 Å². The summed E-state index contributed by atoms with van der Waals surface area (Å²) in [5, 5.41) is 3.80. The molecule has 2 aliphatic heterocycles. The van der Waals surface area contributed by atoms with Crippen LogP contribution in [0.2, 0.25) is 5.02 Å². The molecule has 0 radical (unpaired) electrons. The quantitative estimate of drug-likeness (QED) is 0.627. The molecule has 3 aromatic rings. The van der Waals surface area contributed by atoms with E-state index in [0.717, 1.165) is 0 Å². The minimum absolute atomic E-state index is 0.00174. The molecule has 1 fully saturated rings. The fourth-order valence-electron chi connectivity index (χ4n) is 4.45. The molecule has 6 nitrogen and oxygen atoms in total. The zero-order chi connectivity index (χ0) is 21.9. The van der Waals surface area contributed by atoms with E-state index < -0.39 is 17.2 Å². The van der Waals surface area contributed by atoms with Crippen LogP contribution in [0.3, 0.4) is 0 Å². The van der Waals surface area contributed by atoms with Crippen LogP contribution >= 0.6 is 11.6 Å². The SMILES string of the molecule is COc1cccc(F)c1-c1c(Cl)cc2c3c(c(=O)[nH]c2c1F)OC[C@H]1CN[C@H](C)CN31. The molecule has 1 saturated heterocycles. The lowest BCUT2D eigenvalue weighted by atomic mass is 9.98. The Labute approximate surface area is 181 Å². The number of H-pyrrole nitrogens is 1. The first-order valence-electron chi connectivity index (χ1n) is 9.94. The average Bonchev–Trinajstić information content (AvgIpc) is 2.75. The number of methoxy groups -OCH3 is 1. The molecule has 2 aliphatic rings. The largest absolute Gasteiger partial charge is 0.496 e. The summed E-state index contributed by atoms with van der Waals surface area (Å²) in [5.41, 5.74) is -0.348. The maximum absolute atomic E-state index is 15.8. The molecule has 0 bridgehead atoms. The Balaban J connectivity index is 1.82. The van der Waals surface area contributed by atoms with Crippen molar-refractivity contribution in [3.63, 3.8) is 0 Å². The van der Waals surface area contributed by atoms with Crippen molar-refractivity contribution >= 4 is 28.2 Å². The van der Waals surface area contributed by atoms with Gasteiger partial charge in [-0.3, -0.25) is 4.79 Å². The summed E-state index contributed by atoms with van der Waals surface area (Å²) >= 11 is 6.50. The molecule has 0 aliphatic carbocycles. The molecule has 0 amide bonds. The topological polar surface area (TPSA) is 66.6 Å². The molecule has 5 rings (SSSR count). The number of fused-ring (bicyclic) bond motifs is 5. The maximum atomic E-state index is 15.8. The summed E-state index contributed by atoms with van der Waals surface area (Å²) in [4.78, 5) is 17.4. The second-order valence-corrected chi connectivity index (χ2v) is 8.25. The number of ether oxygens (including phenoxy) is 2. The van der Waals surface area contributed by atoms with Gasteiger partial charge in [-0.05, 0) is 25.1 Å². The summed E-state index contributed by atoms with van der Waals surface area (Å²) in [7, 11) is 1.37. The first-order chi connectivity index (χ1) is 14.9. The van der Waals surface area contributed by atoms with E-state index in [0.29, 0.717) is 30.8 Å². The fraction of sp³-hybridized carbons (Fsp3) is 0.318. The zero-order valence-corrected chi connectivity index (χ0v) is 17.6. The highest BCUT2D eigenvalue weighted by Crippen LogP contribution is 2.45. The minimum Gasteiger partial charge on any atom is -0.496 e. The van der Waals surface area contributed by atoms with Crippen molar-refractivity contribution < 1.29 is 18.3 Å². The number of halogens is 3. The highest BCUT2D eigenvalue weighted by Gasteiger charge is 2.36. The lowest BCUT2D eigenvalue weighted by molar-refractivity contribution is 0.234. The Morgan fingerprint density at radius 3 is 2.87 bits per heavy atom. The Bertz CT molecular complexity index is 1260. The number of hydrogen-bond acceptors (Lipinski definition) is 5. The van der Waals surface area contributed by atoms with Gasteiger partial charge in [-0.15, -0.1) is 0 Å². The Kier molecular flexibility index (Phi) is 4.79. The number of benzene rings is 2. The molecule has 0 spiro atoms. The van der Waals surface area contributed by atoms with Gasteiger partial charge in [0.05, 0.1) is 34.9 Å². The van der Waals surface area contributed by atoms with Crippen LogP contribution in [0.25, 0.3) is 22.0 Å². The van der Waals surface area contributed by atoms with Crippen molar-refractivity contribution in [2.45, 2.75) is 19.0 Å². The molecular formula is C22H20ClF2N3O3. The van der Waals surface area contributed by atoms with E-state index in [9.17, 15) is 9.18 Å². The third-order valence-corrected chi connectivity index (χ3v) is 6.20. The number of aromatic nitrogens is 1. The molecule has 2 N–H and O–H groups in total. The molecule has 3 heterocycles. The van der Waals surface area contributed by atoms with Crippen molar-refractivity contribution in [2.75, 3.05) is 31.7 Å². The van der Waals surface area contributed by atoms with E-state index in [4.69, 9.17) is 21.1 Å². The van der Waals surface area contributed by atoms with Crippen LogP contribution in [0.15, 0.2) is 29.1 Å². The van der Waals surface area contributed by atoms with Gasteiger partial charge in [0, 0.05) is 30.1 Å². The van der Waals surface area contributed by atoms with Crippen LogP contribution in [-0.2, 0) is 0 Å². The van der Waals surface area contributed by atoms with E-state index >= 15 is 4.39 Å². The number of nitrogens with zero attached hydrogens (tertiary/aromatic N) is 1. The molecule has 31 heavy (non-hydrogen) atoms. The number of hydrogen-bond donors (Lipinski definition) is 2. The third-order valence-electron chi connectivity index (χ3n) is 5.90. The Morgan fingerprint density at radius 2 is 2.10 bits per heavy atom. The van der Waals surface area contributed by atoms with E-state index in [1.54, 1.807) is 6.07 Å². The van der Waals surface area contributed by atoms with Gasteiger partial charge >= 0.3 is 0 Å². The highest BCUT2D eigenvalue weighted by atomic mass is 35.5. The average molecular weight is 448 g/mol. The summed E-state index contributed by atoms with van der Waals surface area (Å²) in [6.45, 7) is 3.69. The Hall–Kier alpha value is -2.84. The van der Waals surface area contributed by atoms with Crippen molar-refractivity contribution in [1.82, 2.24) is 10.3 Å². The van der Waals surface area contributed by atoms with Gasteiger partial charge in [-0.2, -0.15) is 0 Å². The first kappa shape index (κ1) is 20.1. The number of pyridine rings is 1. The van der Waals surface area contributed by atoms with E-state index in [1.165, 1.54) is 25.3 Å². The molecule has 0 unspecified atom stereocenters. The van der Waals surface area contributed by atoms with Crippen molar-refractivity contribution in [3.05, 3.63) is 51.3 Å². The standard InChI is InChI=1S/C22H20ClF2N3O3/c1-10-8-28-11(7-26-10)9-31-21-20(28)12-6-13(23)16(18(25)19(12)27-22(21)29)17-14(24)4-3-5-15(17)30-2/h3-6,10-11,26H,7-9H2,1-2H3,(H,27,29)/t10-,11-/m1/s1. The van der Waals surface area contributed by atoms with Gasteiger partial charge in [0.2, 0.25) is 5.75 Å². The van der Waals surface area contributed by atoms with Gasteiger partial charge < -0.3 is 24.7 Å². The van der Waals surface area contributed by atoms with Gasteiger partial charge in [-0.1, -0.05) is 17.7 Å². The molecule has 162 valence electrons. The van der Waals surface area contributed by atoms with Crippen LogP contribution in [0.4, 0.5) is 14.5 Å². The fourth-order valence-corrected chi connectivity index (χ4v) is 4.74. The minimum atomic E-state index is -0.823. The zero-order valence-electron chi connectivity index (χ0n) is 16.9. The summed E-state index contributed by atoms with van der Waals surface area (Å²) in [5.74, 6) is -1.22. The van der Waals surface area contributed by atoms with Crippen molar-refractivity contribution in [3.8, 4) is 22.6 Å². The number of rotatable bonds is 2. The number of nitrogens with one attached hydrogen (secondary N) is 2. The van der Waals surface area contributed by atoms with Gasteiger partial charge in [0.15, 0.2) is 5.82 Å². The molecule has 2 aromatic carbocycles. The summed E-state index contributed by atoms with van der Waals surface area (Å²) in [6.07, 6.45) is 0. The molecule has 2 atom stereocenters. The maximum Gasteiger partial charge on any atom is 0.293 e. The first-order valence-corrected chi connectivity index (χ1v) is 10.3. The lowest BCUT2D eigenvalue weighted by Gasteiger charge is -2.44. The number of piperazine rings is 1. The summed E-state index contributed by atoms with van der Waals surface area (Å²) < 4.78 is 41.5. The second kappa shape index (κ2) is 7.39. The smallest absolute Gasteiger partial charge is 0.293 e. The van der Waals surface area contributed by atoms with E-state index in [1.807, 2.05) is 6.92 Å². The van der Waals surface area contributed by atoms with Gasteiger partial charge in [0.1, 0.15) is 18.2 Å². The van der Waals surface area contributed by atoms with Crippen molar-refractivity contribution in [1.29, 1.82) is 0 Å². The van der Waals surface area contributed by atoms with Gasteiger partial charge in [-0.25, -0.2) is 8.78 Å². The molecule has 0 saturated carbocycles. The molecular weight excluding hydrogens is 428 g/mol. The highest BCUT2D eigenvalue weighted by molar-refractivity contribution is 6.34. The van der Waals surface area contributed by atoms with Crippen LogP contribution < -0.4 is 25.2 Å². The van der Waals surface area contributed by atoms with E-state index in [2.05, 4.69) is 15.2 Å². The van der Waals surface area contributed by atoms with E-state index in [-0.39, 0.29) is 45.2 Å². The van der Waals surface area contributed by atoms with Crippen LogP contribution in [0.1, 0.15) is 6.92 Å². The third kappa shape index (κ3) is 3.04. The number of anilines is 1.